The number of hydrogen-bond acceptors (Lipinski definition) is 2. The highest BCUT2D eigenvalue weighted by molar-refractivity contribution is 7.89. The quantitative estimate of drug-likeness (QED) is 0.754. The van der Waals surface area contributed by atoms with Crippen molar-refractivity contribution in [2.45, 2.75) is 17.0 Å². The maximum Gasteiger partial charge on any atom is 0.402 e. The SMILES string of the molecule is CN(CC(F)(F)F)S(=O)(=O)c1ccc(Cl)c(CCl)c1Cl. The lowest BCUT2D eigenvalue weighted by Gasteiger charge is -2.20. The summed E-state index contributed by atoms with van der Waals surface area (Å²) in [4.78, 5) is -0.467. The van der Waals surface area contributed by atoms with Crippen LogP contribution in [0.2, 0.25) is 10.0 Å². The van der Waals surface area contributed by atoms with Gasteiger partial charge in [-0.1, -0.05) is 23.2 Å². The highest BCUT2D eigenvalue weighted by Gasteiger charge is 2.36. The Balaban J connectivity index is 3.30. The molecule has 10 heteroatoms. The summed E-state index contributed by atoms with van der Waals surface area (Å²) in [6, 6.07) is 2.27. The van der Waals surface area contributed by atoms with Gasteiger partial charge in [0.1, 0.15) is 11.4 Å². The molecule has 0 spiro atoms. The molecule has 0 radical (unpaired) electrons. The minimum absolute atomic E-state index is 0.141. The second kappa shape index (κ2) is 6.27. The van der Waals surface area contributed by atoms with Gasteiger partial charge in [0, 0.05) is 17.6 Å². The fraction of sp³-hybridized carbons (Fsp3) is 0.400. The van der Waals surface area contributed by atoms with E-state index in [1.54, 1.807) is 0 Å². The Morgan fingerprint density at radius 3 is 2.25 bits per heavy atom. The third-order valence-corrected chi connectivity index (χ3v) is 5.39. The van der Waals surface area contributed by atoms with Crippen molar-refractivity contribution >= 4 is 44.8 Å². The molecule has 1 aromatic rings. The molecule has 0 aliphatic rings. The molecular formula is C10H9Cl3F3NO2S. The van der Waals surface area contributed by atoms with Crippen LogP contribution in [0, 0.1) is 0 Å². The zero-order chi connectivity index (χ0) is 15.7. The maximum atomic E-state index is 12.3. The first-order valence-electron chi connectivity index (χ1n) is 5.06. The normalized spacial score (nSPS) is 13.0. The standard InChI is InChI=1S/C10H9Cl3F3NO2S/c1-17(5-10(14,15)16)20(18,19)8-3-2-7(12)6(4-11)9(8)13/h2-3H,4-5H2,1H3. The largest absolute Gasteiger partial charge is 0.402 e. The molecule has 114 valence electrons. The van der Waals surface area contributed by atoms with Gasteiger partial charge >= 0.3 is 6.18 Å². The molecule has 0 heterocycles. The molecular weight excluding hydrogens is 362 g/mol. The third-order valence-electron chi connectivity index (χ3n) is 2.37. The van der Waals surface area contributed by atoms with Crippen molar-refractivity contribution in [2.75, 3.05) is 13.6 Å². The first kappa shape index (κ1) is 17.8. The molecule has 0 aromatic heterocycles. The van der Waals surface area contributed by atoms with Crippen molar-refractivity contribution in [3.8, 4) is 0 Å². The Morgan fingerprint density at radius 1 is 1.25 bits per heavy atom. The Kier molecular flexibility index (Phi) is 5.60. The third kappa shape index (κ3) is 3.92. The van der Waals surface area contributed by atoms with Gasteiger partial charge in [-0.25, -0.2) is 8.42 Å². The van der Waals surface area contributed by atoms with Gasteiger partial charge in [0.15, 0.2) is 0 Å². The summed E-state index contributed by atoms with van der Waals surface area (Å²) < 4.78 is 61.1. The van der Waals surface area contributed by atoms with Crippen molar-refractivity contribution in [2.24, 2.45) is 0 Å². The average molecular weight is 371 g/mol. The molecule has 0 saturated carbocycles. The first-order valence-corrected chi connectivity index (χ1v) is 7.79. The molecule has 0 atom stereocenters. The van der Waals surface area contributed by atoms with Gasteiger partial charge in [-0.2, -0.15) is 17.5 Å². The second-order valence-electron chi connectivity index (χ2n) is 3.85. The van der Waals surface area contributed by atoms with E-state index >= 15 is 0 Å². The molecule has 0 bridgehead atoms. The maximum absolute atomic E-state index is 12.3. The van der Waals surface area contributed by atoms with Gasteiger partial charge in [-0.05, 0) is 12.1 Å². The topological polar surface area (TPSA) is 37.4 Å². The minimum Gasteiger partial charge on any atom is -0.207 e. The molecule has 0 N–H and O–H groups in total. The summed E-state index contributed by atoms with van der Waals surface area (Å²) in [6.07, 6.45) is -4.66. The van der Waals surface area contributed by atoms with Crippen LogP contribution >= 0.6 is 34.8 Å². The zero-order valence-corrected chi connectivity index (χ0v) is 13.1. The van der Waals surface area contributed by atoms with Crippen LogP contribution in [0.5, 0.6) is 0 Å². The van der Waals surface area contributed by atoms with Gasteiger partial charge in [0.2, 0.25) is 10.0 Å². The van der Waals surface area contributed by atoms with Crippen molar-refractivity contribution in [3.63, 3.8) is 0 Å². The van der Waals surface area contributed by atoms with E-state index in [4.69, 9.17) is 34.8 Å². The number of hydrogen-bond donors (Lipinski definition) is 0. The molecule has 0 saturated heterocycles. The van der Waals surface area contributed by atoms with Crippen LogP contribution in [0.3, 0.4) is 0 Å². The van der Waals surface area contributed by atoms with Crippen LogP contribution in [-0.2, 0) is 15.9 Å². The van der Waals surface area contributed by atoms with E-state index in [9.17, 15) is 21.6 Å². The molecule has 0 fully saturated rings. The summed E-state index contributed by atoms with van der Waals surface area (Å²) in [6.45, 7) is -1.62. The van der Waals surface area contributed by atoms with E-state index in [0.717, 1.165) is 13.1 Å². The van der Waals surface area contributed by atoms with E-state index in [1.165, 1.54) is 6.07 Å². The summed E-state index contributed by atoms with van der Waals surface area (Å²) in [7, 11) is -3.57. The Bertz CT molecular complexity index is 605. The van der Waals surface area contributed by atoms with Crippen LogP contribution < -0.4 is 0 Å². The minimum atomic E-state index is -4.66. The van der Waals surface area contributed by atoms with Crippen LogP contribution in [0.15, 0.2) is 17.0 Å². The summed E-state index contributed by atoms with van der Waals surface area (Å²) in [5, 5.41) is -0.135. The summed E-state index contributed by atoms with van der Waals surface area (Å²) >= 11 is 17.2. The van der Waals surface area contributed by atoms with E-state index in [1.807, 2.05) is 0 Å². The van der Waals surface area contributed by atoms with Crippen LogP contribution in [0.25, 0.3) is 0 Å². The van der Waals surface area contributed by atoms with E-state index in [-0.39, 0.29) is 25.8 Å². The highest BCUT2D eigenvalue weighted by atomic mass is 35.5. The van der Waals surface area contributed by atoms with Gasteiger partial charge in [0.25, 0.3) is 0 Å². The molecule has 0 aliphatic heterocycles. The fourth-order valence-corrected chi connectivity index (χ4v) is 3.86. The highest BCUT2D eigenvalue weighted by Crippen LogP contribution is 2.34. The number of rotatable bonds is 4. The lowest BCUT2D eigenvalue weighted by Crippen LogP contribution is -2.36. The lowest BCUT2D eigenvalue weighted by molar-refractivity contribution is -0.134. The monoisotopic (exact) mass is 369 g/mol. The molecule has 3 nitrogen and oxygen atoms in total. The van der Waals surface area contributed by atoms with Gasteiger partial charge in [-0.3, -0.25) is 0 Å². The van der Waals surface area contributed by atoms with E-state index in [2.05, 4.69) is 0 Å². The fourth-order valence-electron chi connectivity index (χ4n) is 1.40. The molecule has 1 rings (SSSR count). The molecule has 0 unspecified atom stereocenters. The van der Waals surface area contributed by atoms with Crippen molar-refractivity contribution < 1.29 is 21.6 Å². The Morgan fingerprint density at radius 2 is 1.80 bits per heavy atom. The molecule has 1 aromatic carbocycles. The predicted octanol–water partition coefficient (Wildman–Crippen LogP) is 3.92. The van der Waals surface area contributed by atoms with E-state index in [0.29, 0.717) is 0 Å². The van der Waals surface area contributed by atoms with Crippen molar-refractivity contribution in [3.05, 3.63) is 27.7 Å². The summed E-state index contributed by atoms with van der Waals surface area (Å²) in [5.41, 5.74) is 0.150. The number of nitrogens with zero attached hydrogens (tertiary/aromatic N) is 1. The summed E-state index contributed by atoms with van der Waals surface area (Å²) in [5.74, 6) is -0.163. The lowest BCUT2D eigenvalue weighted by atomic mass is 10.2. The number of sulfonamides is 1. The van der Waals surface area contributed by atoms with Crippen LogP contribution in [0.1, 0.15) is 5.56 Å². The number of halogens is 6. The number of benzene rings is 1. The first-order chi connectivity index (χ1) is 9.00. The van der Waals surface area contributed by atoms with Crippen LogP contribution in [0.4, 0.5) is 13.2 Å². The average Bonchev–Trinajstić information content (AvgIpc) is 2.26. The van der Waals surface area contributed by atoms with Crippen molar-refractivity contribution in [1.82, 2.24) is 4.31 Å². The zero-order valence-electron chi connectivity index (χ0n) is 10.0. The smallest absolute Gasteiger partial charge is 0.207 e. The van der Waals surface area contributed by atoms with E-state index < -0.39 is 27.6 Å². The number of alkyl halides is 4. The Hall–Kier alpha value is -0.210. The molecule has 20 heavy (non-hydrogen) atoms. The second-order valence-corrected chi connectivity index (χ2v) is 6.91. The van der Waals surface area contributed by atoms with Gasteiger partial charge < -0.3 is 0 Å². The Labute approximate surface area is 129 Å². The molecule has 0 amide bonds. The van der Waals surface area contributed by atoms with Gasteiger partial charge in [-0.15, -0.1) is 11.6 Å². The van der Waals surface area contributed by atoms with Gasteiger partial charge in [0.05, 0.1) is 10.9 Å². The predicted molar refractivity (Wildman–Crippen MR) is 71.9 cm³/mol. The molecule has 0 aliphatic carbocycles. The van der Waals surface area contributed by atoms with Crippen LogP contribution in [-0.4, -0.2) is 32.5 Å². The van der Waals surface area contributed by atoms with Crippen molar-refractivity contribution in [1.29, 1.82) is 0 Å².